The van der Waals surface area contributed by atoms with E-state index < -0.39 is 34.8 Å². The monoisotopic (exact) mass is 696 g/mol. The molecule has 242 valence electrons. The lowest BCUT2D eigenvalue weighted by atomic mass is 9.89. The van der Waals surface area contributed by atoms with Crippen molar-refractivity contribution in [1.29, 1.82) is 5.41 Å². The van der Waals surface area contributed by atoms with E-state index in [1.807, 2.05) is 22.9 Å². The van der Waals surface area contributed by atoms with Crippen LogP contribution in [0.4, 0.5) is 9.52 Å². The third-order valence-electron chi connectivity index (χ3n) is 7.89. The van der Waals surface area contributed by atoms with Gasteiger partial charge in [0.05, 0.1) is 40.4 Å². The summed E-state index contributed by atoms with van der Waals surface area (Å²) in [5.74, 6) is -3.79. The van der Waals surface area contributed by atoms with Gasteiger partial charge in [-0.05, 0) is 18.2 Å². The number of hydrogen-bond acceptors (Lipinski definition) is 11. The Morgan fingerprint density at radius 2 is 2.13 bits per heavy atom. The van der Waals surface area contributed by atoms with Crippen molar-refractivity contribution in [3.05, 3.63) is 87.2 Å². The van der Waals surface area contributed by atoms with Gasteiger partial charge in [-0.1, -0.05) is 16.8 Å². The molecule has 17 heteroatoms. The first kappa shape index (κ1) is 32.2. The molecule has 3 aromatic heterocycles. The fourth-order valence-electron chi connectivity index (χ4n) is 5.68. The van der Waals surface area contributed by atoms with Gasteiger partial charge in [0, 0.05) is 51.5 Å². The summed E-state index contributed by atoms with van der Waals surface area (Å²) >= 11 is 8.81. The second kappa shape index (κ2) is 12.8. The number of carbonyl (C=O) groups excluding carboxylic acids is 3. The summed E-state index contributed by atoms with van der Waals surface area (Å²) in [6.45, 7) is 0.298. The van der Waals surface area contributed by atoms with Gasteiger partial charge >= 0.3 is 0 Å². The number of halogens is 2. The summed E-state index contributed by atoms with van der Waals surface area (Å²) < 4.78 is 18.4. The molecule has 2 aliphatic rings. The minimum Gasteiger partial charge on any atom is -0.543 e. The third kappa shape index (κ3) is 6.06. The summed E-state index contributed by atoms with van der Waals surface area (Å²) in [6.07, 6.45) is 5.15. The molecule has 0 aliphatic carbocycles. The second-order valence-electron chi connectivity index (χ2n) is 10.8. The van der Waals surface area contributed by atoms with Gasteiger partial charge in [0.15, 0.2) is 35.6 Å². The smallest absolute Gasteiger partial charge is 0.234 e. The molecule has 1 aromatic carbocycles. The molecular formula is C30H26ClFN8O5S2. The molecule has 4 aromatic rings. The van der Waals surface area contributed by atoms with Crippen molar-refractivity contribution in [2.45, 2.75) is 24.9 Å². The maximum atomic E-state index is 14.8. The van der Waals surface area contributed by atoms with Gasteiger partial charge in [0.25, 0.3) is 0 Å². The fourth-order valence-corrected chi connectivity index (χ4v) is 7.90. The summed E-state index contributed by atoms with van der Waals surface area (Å²) in [6, 6.07) is 6.28. The molecular weight excluding hydrogens is 671 g/mol. The molecule has 47 heavy (non-hydrogen) atoms. The van der Waals surface area contributed by atoms with E-state index in [9.17, 15) is 23.9 Å². The van der Waals surface area contributed by atoms with E-state index in [1.165, 1.54) is 35.9 Å². The number of anilines is 1. The number of pyridine rings is 1. The van der Waals surface area contributed by atoms with Gasteiger partial charge in [-0.15, -0.1) is 23.1 Å². The topological polar surface area (TPSA) is 197 Å². The first-order chi connectivity index (χ1) is 22.5. The Kier molecular flexibility index (Phi) is 8.74. The maximum absolute atomic E-state index is 14.8. The highest BCUT2D eigenvalue weighted by molar-refractivity contribution is 8.00. The summed E-state index contributed by atoms with van der Waals surface area (Å²) in [5.41, 5.74) is 12.8. The van der Waals surface area contributed by atoms with Crippen LogP contribution in [0.1, 0.15) is 23.2 Å². The van der Waals surface area contributed by atoms with E-state index in [4.69, 9.17) is 33.3 Å². The van der Waals surface area contributed by atoms with Crippen LogP contribution in [0.2, 0.25) is 5.02 Å². The number of amides is 1. The number of ketones is 1. The number of carboxylic acid groups (broad SMARTS) is 1. The standard InChI is InChI=1S/C30H26ClFN8O5S2/c1-45-37-24(21-13-47-30(35)36-21)23(41)8-17-27(42)40-25(29(43)44)16(12-46-28(17)40)10-38-4-3-22-14(9-38)2-5-39(22)11-18-19(31)6-15(26(33)34)7-20(18)32/h2-7,9,13,17,28H,8,10-12H2,1H3,(H5-,33,34,35,36,43,44)/b37-24-/t17-,28-/m1/s1. The van der Waals surface area contributed by atoms with Crippen molar-refractivity contribution in [2.24, 2.45) is 16.8 Å². The van der Waals surface area contributed by atoms with Gasteiger partial charge in [-0.25, -0.2) is 13.9 Å². The largest absolute Gasteiger partial charge is 0.543 e. The molecule has 2 aliphatic heterocycles. The quantitative estimate of drug-likeness (QED) is 0.0686. The number of carbonyl (C=O) groups is 3. The number of nitrogen functional groups attached to an aromatic ring is 2. The molecule has 0 unspecified atom stereocenters. The Morgan fingerprint density at radius 3 is 2.79 bits per heavy atom. The van der Waals surface area contributed by atoms with Gasteiger partial charge in [-0.2, -0.15) is 0 Å². The van der Waals surface area contributed by atoms with Gasteiger partial charge in [0.2, 0.25) is 5.91 Å². The number of nitrogens with zero attached hydrogens (tertiary/aromatic N) is 5. The number of oxime groups is 1. The first-order valence-electron chi connectivity index (χ1n) is 14.0. The Bertz CT molecular complexity index is 2020. The number of thioether (sulfide) groups is 1. The Hall–Kier alpha value is -4.80. The number of benzene rings is 1. The zero-order chi connectivity index (χ0) is 33.6. The fraction of sp³-hybridized carbons (Fsp3) is 0.233. The van der Waals surface area contributed by atoms with Crippen molar-refractivity contribution in [3.8, 4) is 0 Å². The summed E-state index contributed by atoms with van der Waals surface area (Å²) in [5, 5.41) is 25.8. The summed E-state index contributed by atoms with van der Waals surface area (Å²) in [4.78, 5) is 48.8. The molecule has 0 spiro atoms. The van der Waals surface area contributed by atoms with Crippen LogP contribution < -0.4 is 21.1 Å². The number of aliphatic carboxylic acids is 1. The van der Waals surface area contributed by atoms with E-state index in [0.717, 1.165) is 22.2 Å². The van der Waals surface area contributed by atoms with E-state index >= 15 is 0 Å². The average molecular weight is 697 g/mol. The number of thiazole rings is 1. The number of aromatic nitrogens is 3. The number of nitrogens with one attached hydrogen (secondary N) is 1. The highest BCUT2D eigenvalue weighted by atomic mass is 35.5. The molecule has 0 saturated carbocycles. The maximum Gasteiger partial charge on any atom is 0.234 e. The number of nitrogens with two attached hydrogens (primary N) is 2. The molecule has 1 amide bonds. The normalized spacial score (nSPS) is 17.9. The van der Waals surface area contributed by atoms with Crippen LogP contribution in [0.25, 0.3) is 10.9 Å². The molecule has 1 saturated heterocycles. The van der Waals surface area contributed by atoms with Crippen molar-refractivity contribution in [1.82, 2.24) is 14.5 Å². The van der Waals surface area contributed by atoms with E-state index in [-0.39, 0.29) is 63.7 Å². The lowest BCUT2D eigenvalue weighted by molar-refractivity contribution is -0.687. The molecule has 0 radical (unpaired) electrons. The molecule has 5 N–H and O–H groups in total. The van der Waals surface area contributed by atoms with Crippen LogP contribution in [0, 0.1) is 17.1 Å². The molecule has 13 nitrogen and oxygen atoms in total. The lowest BCUT2D eigenvalue weighted by Crippen LogP contribution is -2.63. The molecule has 0 bridgehead atoms. The average Bonchev–Trinajstić information content (AvgIpc) is 3.65. The van der Waals surface area contributed by atoms with Gasteiger partial charge < -0.3 is 30.8 Å². The minimum atomic E-state index is -1.48. The number of rotatable bonds is 11. The number of fused-ring (bicyclic) bond motifs is 2. The zero-order valence-corrected chi connectivity index (χ0v) is 27.0. The highest BCUT2D eigenvalue weighted by Gasteiger charge is 2.53. The zero-order valence-electron chi connectivity index (χ0n) is 24.6. The summed E-state index contributed by atoms with van der Waals surface area (Å²) in [7, 11) is 1.29. The van der Waals surface area contributed by atoms with Gasteiger partial charge in [-0.3, -0.25) is 19.9 Å². The number of hydrogen-bond donors (Lipinski definition) is 3. The van der Waals surface area contributed by atoms with E-state index in [1.54, 1.807) is 22.3 Å². The van der Waals surface area contributed by atoms with E-state index in [2.05, 4.69) is 10.1 Å². The number of Topliss-reactive ketones (excluding diaryl/α,β-unsaturated/α-hetero) is 1. The SMILES string of the molecule is CO/N=C(\C(=O)C[C@@H]1C(=O)N2C(C(=O)[O-])=C(C[n+]3ccc4c(ccn4Cc4c(F)cc(C(=N)N)cc4Cl)c3)CS[C@H]12)c1csc(N)n1. The highest BCUT2D eigenvalue weighted by Crippen LogP contribution is 2.45. The molecule has 5 heterocycles. The minimum absolute atomic E-state index is 0.0661. The van der Waals surface area contributed by atoms with Crippen LogP contribution in [-0.4, -0.2) is 61.9 Å². The Balaban J connectivity index is 1.19. The van der Waals surface area contributed by atoms with Crippen molar-refractivity contribution < 1.29 is 33.3 Å². The van der Waals surface area contributed by atoms with Crippen LogP contribution in [0.15, 0.2) is 64.7 Å². The molecule has 6 rings (SSSR count). The predicted molar refractivity (Wildman–Crippen MR) is 172 cm³/mol. The van der Waals surface area contributed by atoms with Crippen molar-refractivity contribution >= 4 is 79.9 Å². The lowest BCUT2D eigenvalue weighted by Gasteiger charge is -2.50. The van der Waals surface area contributed by atoms with E-state index in [0.29, 0.717) is 11.3 Å². The molecule has 2 atom stereocenters. The number of amidine groups is 1. The Labute approximate surface area is 279 Å². The van der Waals surface area contributed by atoms with Crippen molar-refractivity contribution in [3.63, 3.8) is 0 Å². The third-order valence-corrected chi connectivity index (χ3v) is 10.3. The van der Waals surface area contributed by atoms with Crippen LogP contribution >= 0.6 is 34.7 Å². The van der Waals surface area contributed by atoms with Crippen molar-refractivity contribution in [2.75, 3.05) is 18.6 Å². The number of carboxylic acids is 1. The number of β-lactam (4-membered cyclic amide) rings is 1. The second-order valence-corrected chi connectivity index (χ2v) is 13.2. The van der Waals surface area contributed by atoms with Gasteiger partial charge in [0.1, 0.15) is 24.5 Å². The first-order valence-corrected chi connectivity index (χ1v) is 16.3. The van der Waals surface area contributed by atoms with Crippen LogP contribution in [0.3, 0.4) is 0 Å². The Morgan fingerprint density at radius 1 is 1.34 bits per heavy atom. The van der Waals surface area contributed by atoms with Crippen LogP contribution in [0.5, 0.6) is 0 Å². The molecule has 1 fully saturated rings. The van der Waals surface area contributed by atoms with Crippen LogP contribution in [-0.2, 0) is 32.3 Å². The predicted octanol–water partition coefficient (Wildman–Crippen LogP) is 1.64.